The monoisotopic (exact) mass is 295 g/mol. The number of hydrogen-bond acceptors (Lipinski definition) is 4. The van der Waals surface area contributed by atoms with Crippen molar-refractivity contribution in [3.8, 4) is 5.75 Å². The summed E-state index contributed by atoms with van der Waals surface area (Å²) in [6.07, 6.45) is 3.12. The largest absolute Gasteiger partial charge is 0.496 e. The lowest BCUT2D eigenvalue weighted by molar-refractivity contribution is 0.414. The molecule has 1 N–H and O–H groups in total. The van der Waals surface area contributed by atoms with Gasteiger partial charge in [0.1, 0.15) is 5.75 Å². The Hall–Kier alpha value is -1.78. The van der Waals surface area contributed by atoms with E-state index in [4.69, 9.17) is 27.9 Å². The normalized spacial score (nSPS) is 10.7. The second-order valence-corrected chi connectivity index (χ2v) is 4.44. The van der Waals surface area contributed by atoms with Gasteiger partial charge in [-0.25, -0.2) is 4.98 Å². The molecule has 0 atom stereocenters. The molecule has 0 amide bonds. The summed E-state index contributed by atoms with van der Waals surface area (Å²) in [6, 6.07) is 9.13. The molecule has 0 aliphatic rings. The molecule has 98 valence electrons. The number of halogens is 2. The van der Waals surface area contributed by atoms with Crippen LogP contribution in [0, 0.1) is 0 Å². The van der Waals surface area contributed by atoms with Crippen molar-refractivity contribution in [2.45, 2.75) is 0 Å². The minimum Gasteiger partial charge on any atom is -0.496 e. The number of methoxy groups -OCH3 is 1. The number of ether oxygens (including phenoxy) is 1. The van der Waals surface area contributed by atoms with Crippen LogP contribution in [0.15, 0.2) is 41.6 Å². The number of nitrogens with one attached hydrogen (secondary N) is 1. The highest BCUT2D eigenvalue weighted by Gasteiger charge is 2.01. The van der Waals surface area contributed by atoms with Crippen molar-refractivity contribution in [2.24, 2.45) is 5.10 Å². The molecular weight excluding hydrogens is 285 g/mol. The van der Waals surface area contributed by atoms with E-state index in [0.29, 0.717) is 15.9 Å². The lowest BCUT2D eigenvalue weighted by atomic mass is 10.2. The van der Waals surface area contributed by atoms with Gasteiger partial charge in [-0.05, 0) is 18.2 Å². The van der Waals surface area contributed by atoms with E-state index in [2.05, 4.69) is 15.5 Å². The van der Waals surface area contributed by atoms with E-state index in [1.165, 1.54) is 6.20 Å². The highest BCUT2D eigenvalue weighted by atomic mass is 35.5. The summed E-state index contributed by atoms with van der Waals surface area (Å²) in [4.78, 5) is 4.03. The van der Waals surface area contributed by atoms with Crippen molar-refractivity contribution in [1.29, 1.82) is 0 Å². The van der Waals surface area contributed by atoms with Gasteiger partial charge >= 0.3 is 0 Å². The Labute approximate surface area is 121 Å². The highest BCUT2D eigenvalue weighted by Crippen LogP contribution is 2.22. The maximum Gasteiger partial charge on any atom is 0.165 e. The smallest absolute Gasteiger partial charge is 0.165 e. The molecule has 2 rings (SSSR count). The van der Waals surface area contributed by atoms with Crippen LogP contribution in [0.5, 0.6) is 5.75 Å². The molecule has 1 aromatic heterocycles. The van der Waals surface area contributed by atoms with Crippen molar-refractivity contribution in [2.75, 3.05) is 12.5 Å². The minimum atomic E-state index is 0.407. The van der Waals surface area contributed by atoms with E-state index in [9.17, 15) is 0 Å². The molecule has 0 saturated heterocycles. The molecule has 0 saturated carbocycles. The third kappa shape index (κ3) is 3.59. The van der Waals surface area contributed by atoms with Gasteiger partial charge in [0.2, 0.25) is 0 Å². The van der Waals surface area contributed by atoms with Gasteiger partial charge in [0.15, 0.2) is 5.82 Å². The third-order valence-corrected chi connectivity index (χ3v) is 2.82. The highest BCUT2D eigenvalue weighted by molar-refractivity contribution is 6.35. The average molecular weight is 296 g/mol. The van der Waals surface area contributed by atoms with E-state index in [1.54, 1.807) is 19.4 Å². The Morgan fingerprint density at radius 2 is 2.11 bits per heavy atom. The van der Waals surface area contributed by atoms with E-state index >= 15 is 0 Å². The first-order valence-corrected chi connectivity index (χ1v) is 6.19. The van der Waals surface area contributed by atoms with E-state index in [0.717, 1.165) is 11.3 Å². The number of pyridine rings is 1. The zero-order valence-electron chi connectivity index (χ0n) is 10.1. The predicted molar refractivity (Wildman–Crippen MR) is 78.5 cm³/mol. The Morgan fingerprint density at radius 3 is 2.84 bits per heavy atom. The predicted octanol–water partition coefficient (Wildman–Crippen LogP) is 3.84. The van der Waals surface area contributed by atoms with Crippen molar-refractivity contribution in [1.82, 2.24) is 4.98 Å². The Balaban J connectivity index is 2.11. The third-order valence-electron chi connectivity index (χ3n) is 2.32. The lowest BCUT2D eigenvalue weighted by Crippen LogP contribution is -1.96. The molecule has 4 nitrogen and oxygen atoms in total. The molecule has 0 unspecified atom stereocenters. The molecule has 2 aromatic rings. The van der Waals surface area contributed by atoms with Crippen LogP contribution in [0.4, 0.5) is 5.82 Å². The number of para-hydroxylation sites is 1. The first-order valence-electron chi connectivity index (χ1n) is 5.44. The van der Waals surface area contributed by atoms with Gasteiger partial charge in [-0.15, -0.1) is 0 Å². The number of hydrazone groups is 1. The van der Waals surface area contributed by atoms with Gasteiger partial charge in [0.05, 0.1) is 23.4 Å². The van der Waals surface area contributed by atoms with E-state index < -0.39 is 0 Å². The number of anilines is 1. The summed E-state index contributed by atoms with van der Waals surface area (Å²) in [5.41, 5.74) is 3.60. The first-order chi connectivity index (χ1) is 9.20. The number of benzene rings is 1. The van der Waals surface area contributed by atoms with E-state index in [1.807, 2.05) is 24.3 Å². The number of aromatic nitrogens is 1. The summed E-state index contributed by atoms with van der Waals surface area (Å²) in [6.45, 7) is 0. The number of rotatable bonds is 4. The molecule has 1 heterocycles. The van der Waals surface area contributed by atoms with Gasteiger partial charge in [-0.1, -0.05) is 35.3 Å². The van der Waals surface area contributed by atoms with Crippen LogP contribution < -0.4 is 10.2 Å². The Bertz CT molecular complexity index is 602. The molecule has 6 heteroatoms. The summed E-state index contributed by atoms with van der Waals surface area (Å²) >= 11 is 11.7. The zero-order valence-corrected chi connectivity index (χ0v) is 11.6. The van der Waals surface area contributed by atoms with Crippen molar-refractivity contribution in [3.63, 3.8) is 0 Å². The second-order valence-electron chi connectivity index (χ2n) is 3.60. The summed E-state index contributed by atoms with van der Waals surface area (Å²) in [5.74, 6) is 1.18. The summed E-state index contributed by atoms with van der Waals surface area (Å²) in [7, 11) is 1.61. The number of hydrogen-bond donors (Lipinski definition) is 1. The molecule has 0 fully saturated rings. The standard InChI is InChI=1S/C13H11Cl2N3O/c1-19-12-5-3-2-4-9(12)7-17-18-13-11(15)6-10(14)8-16-13/h2-8H,1H3,(H,16,18)/b17-7-. The molecular formula is C13H11Cl2N3O. The fourth-order valence-corrected chi connectivity index (χ4v) is 1.86. The summed E-state index contributed by atoms with van der Waals surface area (Å²) in [5, 5.41) is 4.95. The SMILES string of the molecule is COc1ccccc1/C=N\Nc1ncc(Cl)cc1Cl. The first kappa shape index (κ1) is 13.6. The van der Waals surface area contributed by atoms with Gasteiger partial charge in [0, 0.05) is 11.8 Å². The van der Waals surface area contributed by atoms with Crippen LogP contribution in [0.2, 0.25) is 10.0 Å². The Morgan fingerprint density at radius 1 is 1.32 bits per heavy atom. The molecule has 0 radical (unpaired) electrons. The molecule has 0 bridgehead atoms. The molecule has 19 heavy (non-hydrogen) atoms. The molecule has 0 aliphatic heterocycles. The van der Waals surface area contributed by atoms with Gasteiger partial charge in [-0.3, -0.25) is 5.43 Å². The second kappa shape index (κ2) is 6.41. The number of nitrogens with zero attached hydrogens (tertiary/aromatic N) is 2. The fraction of sp³-hybridized carbons (Fsp3) is 0.0769. The van der Waals surface area contributed by atoms with Crippen molar-refractivity contribution >= 4 is 35.2 Å². The van der Waals surface area contributed by atoms with Crippen LogP contribution >= 0.6 is 23.2 Å². The lowest BCUT2D eigenvalue weighted by Gasteiger charge is -2.04. The van der Waals surface area contributed by atoms with Crippen LogP contribution in [0.1, 0.15) is 5.56 Å². The van der Waals surface area contributed by atoms with Gasteiger partial charge in [0.25, 0.3) is 0 Å². The van der Waals surface area contributed by atoms with Crippen molar-refractivity contribution in [3.05, 3.63) is 52.1 Å². The average Bonchev–Trinajstić information content (AvgIpc) is 2.42. The summed E-state index contributed by atoms with van der Waals surface area (Å²) < 4.78 is 5.21. The Kier molecular flexibility index (Phi) is 4.60. The fourth-order valence-electron chi connectivity index (χ4n) is 1.43. The zero-order chi connectivity index (χ0) is 13.7. The van der Waals surface area contributed by atoms with Gasteiger partial charge in [-0.2, -0.15) is 5.10 Å². The maximum absolute atomic E-state index is 5.96. The topological polar surface area (TPSA) is 46.5 Å². The van der Waals surface area contributed by atoms with Crippen LogP contribution in [-0.2, 0) is 0 Å². The van der Waals surface area contributed by atoms with Crippen LogP contribution in [0.25, 0.3) is 0 Å². The minimum absolute atomic E-state index is 0.407. The quantitative estimate of drug-likeness (QED) is 0.688. The molecule has 1 aromatic carbocycles. The van der Waals surface area contributed by atoms with Crippen LogP contribution in [-0.4, -0.2) is 18.3 Å². The van der Waals surface area contributed by atoms with Gasteiger partial charge < -0.3 is 4.74 Å². The van der Waals surface area contributed by atoms with E-state index in [-0.39, 0.29) is 0 Å². The maximum atomic E-state index is 5.96. The van der Waals surface area contributed by atoms with Crippen LogP contribution in [0.3, 0.4) is 0 Å². The molecule has 0 aliphatic carbocycles. The molecule has 0 spiro atoms. The van der Waals surface area contributed by atoms with Crippen molar-refractivity contribution < 1.29 is 4.74 Å².